The van der Waals surface area contributed by atoms with Crippen molar-refractivity contribution in [1.29, 1.82) is 0 Å². The lowest BCUT2D eigenvalue weighted by Crippen LogP contribution is -2.44. The van der Waals surface area contributed by atoms with Gasteiger partial charge in [-0.1, -0.05) is 84.8 Å². The maximum Gasteiger partial charge on any atom is 0.407 e. The topological polar surface area (TPSA) is 89.6 Å². The summed E-state index contributed by atoms with van der Waals surface area (Å²) in [5, 5.41) is 3.48. The molecule has 0 saturated heterocycles. The van der Waals surface area contributed by atoms with Crippen LogP contribution in [0, 0.1) is 0 Å². The third kappa shape index (κ3) is 10.1. The van der Waals surface area contributed by atoms with Crippen molar-refractivity contribution in [2.75, 3.05) is 13.2 Å². The van der Waals surface area contributed by atoms with Crippen molar-refractivity contribution in [2.45, 2.75) is 48.5 Å². The minimum absolute atomic E-state index is 0.145. The number of halogens is 3. The predicted octanol–water partition coefficient (Wildman–Crippen LogP) is 6.64. The molecule has 0 radical (unpaired) electrons. The summed E-state index contributed by atoms with van der Waals surface area (Å²) in [6, 6.07) is 15.3. The van der Waals surface area contributed by atoms with Gasteiger partial charge in [0.1, 0.15) is 25.0 Å². The van der Waals surface area contributed by atoms with E-state index in [1.165, 1.54) is 0 Å². The third-order valence-electron chi connectivity index (χ3n) is 5.45. The van der Waals surface area contributed by atoms with Gasteiger partial charge in [0.15, 0.2) is 0 Å². The summed E-state index contributed by atoms with van der Waals surface area (Å²) in [4.78, 5) is 28.4. The van der Waals surface area contributed by atoms with Gasteiger partial charge in [0.05, 0.1) is 6.61 Å². The van der Waals surface area contributed by atoms with Crippen LogP contribution in [0.1, 0.15) is 11.1 Å². The number of alkyl halides is 3. The van der Waals surface area contributed by atoms with Crippen LogP contribution in [0.4, 0.5) is 4.79 Å². The Morgan fingerprint density at radius 2 is 1.78 bits per heavy atom. The van der Waals surface area contributed by atoms with Crippen LogP contribution >= 0.6 is 34.8 Å². The Morgan fingerprint density at radius 1 is 1.05 bits per heavy atom. The maximum absolute atomic E-state index is 12.8. The largest absolute Gasteiger partial charge is 0.489 e. The summed E-state index contributed by atoms with van der Waals surface area (Å²) in [5.74, 6) is -0.0295. The molecule has 1 heterocycles. The highest BCUT2D eigenvalue weighted by Crippen LogP contribution is 2.27. The number of nitrogens with one attached hydrogen (secondary N) is 2. The fraction of sp³-hybridized carbons (Fsp3) is 0.385. The van der Waals surface area contributed by atoms with Crippen molar-refractivity contribution in [1.82, 2.24) is 10.3 Å². The first-order valence-corrected chi connectivity index (χ1v) is 16.7. The summed E-state index contributed by atoms with van der Waals surface area (Å²) in [7, 11) is -1.39. The zero-order chi connectivity index (χ0) is 27.1. The van der Waals surface area contributed by atoms with Crippen LogP contribution in [0.25, 0.3) is 10.9 Å². The second-order valence-corrected chi connectivity index (χ2v) is 18.0. The number of fused-ring (bicyclic) bond motifs is 1. The SMILES string of the molecule is C[Si](C)(C)CCOC(=O)N[C@@H](Cc1c[nH]c2cc(OCc3ccccc3)ccc12)C(=O)OCC(Cl)(Cl)Cl. The van der Waals surface area contributed by atoms with Gasteiger partial charge >= 0.3 is 12.1 Å². The lowest BCUT2D eigenvalue weighted by Gasteiger charge is -2.20. The maximum atomic E-state index is 12.8. The molecule has 0 bridgehead atoms. The molecule has 0 aliphatic heterocycles. The Kier molecular flexibility index (Phi) is 10.2. The monoisotopic (exact) mass is 584 g/mol. The van der Waals surface area contributed by atoms with Gasteiger partial charge < -0.3 is 24.5 Å². The van der Waals surface area contributed by atoms with Gasteiger partial charge in [-0.15, -0.1) is 0 Å². The number of benzene rings is 2. The van der Waals surface area contributed by atoms with Gasteiger partial charge in [-0.3, -0.25) is 0 Å². The Balaban J connectivity index is 1.70. The second-order valence-electron chi connectivity index (χ2n) is 9.87. The standard InChI is InChI=1S/C26H31Cl3N2O5Si/c1-37(2,3)12-11-34-25(33)31-23(24(32)36-17-26(27,28)29)13-19-15-30-22-14-20(9-10-21(19)22)35-16-18-7-5-4-6-8-18/h4-10,14-15,23,30H,11-13,16-17H2,1-3H3,(H,31,33)/t23-/m0/s1. The zero-order valence-electron chi connectivity index (χ0n) is 21.0. The van der Waals surface area contributed by atoms with Gasteiger partial charge in [-0.2, -0.15) is 0 Å². The van der Waals surface area contributed by atoms with Crippen molar-refractivity contribution in [3.05, 3.63) is 65.9 Å². The van der Waals surface area contributed by atoms with Crippen molar-refractivity contribution in [3.63, 3.8) is 0 Å². The molecule has 1 aromatic heterocycles. The van der Waals surface area contributed by atoms with Gasteiger partial charge in [0.25, 0.3) is 0 Å². The molecule has 0 saturated carbocycles. The Morgan fingerprint density at radius 3 is 2.46 bits per heavy atom. The van der Waals surface area contributed by atoms with Crippen molar-refractivity contribution in [2.24, 2.45) is 0 Å². The normalized spacial score (nSPS) is 12.7. The molecule has 2 aromatic carbocycles. The van der Waals surface area contributed by atoms with Crippen LogP contribution < -0.4 is 10.1 Å². The smallest absolute Gasteiger partial charge is 0.407 e. The fourth-order valence-corrected chi connectivity index (χ4v) is 4.34. The van der Waals surface area contributed by atoms with Crippen LogP contribution in [0.2, 0.25) is 25.7 Å². The molecular weight excluding hydrogens is 555 g/mol. The molecule has 3 rings (SSSR count). The molecule has 0 unspecified atom stereocenters. The molecule has 0 aliphatic carbocycles. The van der Waals surface area contributed by atoms with E-state index in [4.69, 9.17) is 49.0 Å². The number of hydrogen-bond donors (Lipinski definition) is 2. The quantitative estimate of drug-likeness (QED) is 0.150. The van der Waals surface area contributed by atoms with E-state index in [9.17, 15) is 9.59 Å². The highest BCUT2D eigenvalue weighted by atomic mass is 35.6. The van der Waals surface area contributed by atoms with E-state index in [0.29, 0.717) is 12.4 Å². The van der Waals surface area contributed by atoms with E-state index in [1.54, 1.807) is 6.20 Å². The summed E-state index contributed by atoms with van der Waals surface area (Å²) < 4.78 is 14.6. The van der Waals surface area contributed by atoms with Gasteiger partial charge in [-0.25, -0.2) is 9.59 Å². The summed E-state index contributed by atoms with van der Waals surface area (Å²) in [6.07, 6.45) is 1.22. The predicted molar refractivity (Wildman–Crippen MR) is 150 cm³/mol. The molecule has 0 aliphatic rings. The van der Waals surface area contributed by atoms with Crippen molar-refractivity contribution in [3.8, 4) is 5.75 Å². The minimum atomic E-state index is -1.77. The van der Waals surface area contributed by atoms with E-state index in [0.717, 1.165) is 28.1 Å². The van der Waals surface area contributed by atoms with Crippen molar-refractivity contribution < 1.29 is 23.8 Å². The first-order valence-electron chi connectivity index (χ1n) is 11.8. The number of carbonyl (C=O) groups is 2. The van der Waals surface area contributed by atoms with Crippen LogP contribution in [0.15, 0.2) is 54.7 Å². The number of aromatic amines is 1. The molecule has 1 amide bonds. The summed E-state index contributed by atoms with van der Waals surface area (Å²) in [6.45, 7) is 6.81. The molecule has 2 N–H and O–H groups in total. The number of alkyl carbamates (subject to hydrolysis) is 1. The number of aromatic nitrogens is 1. The van der Waals surface area contributed by atoms with E-state index >= 15 is 0 Å². The zero-order valence-corrected chi connectivity index (χ0v) is 24.3. The average Bonchev–Trinajstić information content (AvgIpc) is 3.22. The minimum Gasteiger partial charge on any atom is -0.489 e. The lowest BCUT2D eigenvalue weighted by molar-refractivity contribution is -0.145. The van der Waals surface area contributed by atoms with Crippen molar-refractivity contribution >= 4 is 65.8 Å². The van der Waals surface area contributed by atoms with E-state index in [2.05, 4.69) is 29.9 Å². The van der Waals surface area contributed by atoms with E-state index in [-0.39, 0.29) is 13.0 Å². The van der Waals surface area contributed by atoms with Gasteiger partial charge in [0.2, 0.25) is 3.79 Å². The molecule has 7 nitrogen and oxygen atoms in total. The molecular formula is C26H31Cl3N2O5Si. The molecule has 3 aromatic rings. The number of hydrogen-bond acceptors (Lipinski definition) is 5. The van der Waals surface area contributed by atoms with E-state index in [1.807, 2.05) is 48.5 Å². The number of ether oxygens (including phenoxy) is 3. The lowest BCUT2D eigenvalue weighted by atomic mass is 10.0. The van der Waals surface area contributed by atoms with Gasteiger partial charge in [-0.05, 0) is 29.3 Å². The van der Waals surface area contributed by atoms with Crippen LogP contribution in [-0.4, -0.2) is 48.2 Å². The molecule has 0 fully saturated rings. The Labute approximate surface area is 232 Å². The van der Waals surface area contributed by atoms with Gasteiger partial charge in [0, 0.05) is 37.7 Å². The third-order valence-corrected chi connectivity index (χ3v) is 7.48. The highest BCUT2D eigenvalue weighted by molar-refractivity contribution is 6.76. The molecule has 0 spiro atoms. The number of H-pyrrole nitrogens is 1. The number of esters is 1. The van der Waals surface area contributed by atoms with E-state index < -0.39 is 36.6 Å². The Hall–Kier alpha value is -2.39. The summed E-state index contributed by atoms with van der Waals surface area (Å²) in [5.41, 5.74) is 2.68. The first kappa shape index (κ1) is 29.2. The highest BCUT2D eigenvalue weighted by Gasteiger charge is 2.29. The number of amides is 1. The second kappa shape index (κ2) is 12.9. The van der Waals surface area contributed by atoms with Crippen LogP contribution in [0.3, 0.4) is 0 Å². The molecule has 37 heavy (non-hydrogen) atoms. The first-order chi connectivity index (χ1) is 17.4. The molecule has 11 heteroatoms. The number of rotatable bonds is 11. The molecule has 200 valence electrons. The average molecular weight is 586 g/mol. The number of carbonyl (C=O) groups excluding carboxylic acids is 2. The fourth-order valence-electron chi connectivity index (χ4n) is 3.47. The van der Waals surface area contributed by atoms with Crippen LogP contribution in [-0.2, 0) is 27.3 Å². The summed E-state index contributed by atoms with van der Waals surface area (Å²) >= 11 is 17.2. The Bertz CT molecular complexity index is 1190. The molecule has 1 atom stereocenters. The van der Waals surface area contributed by atoms with Crippen LogP contribution in [0.5, 0.6) is 5.75 Å².